The number of nitrogens with zero attached hydrogens (tertiary/aromatic N) is 3. The Morgan fingerprint density at radius 1 is 1.21 bits per heavy atom. The third-order valence-corrected chi connectivity index (χ3v) is 5.32. The number of carbonyl (C=O) groups is 2. The summed E-state index contributed by atoms with van der Waals surface area (Å²) >= 11 is 0. The largest absolute Gasteiger partial charge is 0.349 e. The summed E-state index contributed by atoms with van der Waals surface area (Å²) in [7, 11) is 0. The lowest BCUT2D eigenvalue weighted by Gasteiger charge is -2.36. The zero-order valence-electron chi connectivity index (χ0n) is 14.5. The van der Waals surface area contributed by atoms with Crippen LogP contribution in [0.5, 0.6) is 0 Å². The van der Waals surface area contributed by atoms with Gasteiger partial charge < -0.3 is 14.8 Å². The summed E-state index contributed by atoms with van der Waals surface area (Å²) in [5, 5.41) is 3.02. The number of piperidine rings is 1. The van der Waals surface area contributed by atoms with Gasteiger partial charge in [0.2, 0.25) is 11.8 Å². The number of carbonyl (C=O) groups excluding carboxylic acids is 2. The van der Waals surface area contributed by atoms with Crippen molar-refractivity contribution in [2.45, 2.75) is 58.5 Å². The van der Waals surface area contributed by atoms with Crippen LogP contribution in [0.2, 0.25) is 0 Å². The van der Waals surface area contributed by atoms with E-state index in [1.54, 1.807) is 6.20 Å². The van der Waals surface area contributed by atoms with Crippen molar-refractivity contribution in [3.05, 3.63) is 18.2 Å². The molecule has 2 fully saturated rings. The maximum absolute atomic E-state index is 12.4. The first-order valence-corrected chi connectivity index (χ1v) is 9.25. The molecule has 1 aromatic rings. The van der Waals surface area contributed by atoms with Crippen molar-refractivity contribution in [3.8, 4) is 0 Å². The standard InChI is InChI=1S/C18H28N4O2/c1-2-9-21-12-8-19-16(21)13-20-17(23)14-6-10-22(11-7-14)18(24)15-4-3-5-15/h8,12,14-15H,2-7,9-11,13H2,1H3,(H,20,23). The van der Waals surface area contributed by atoms with Gasteiger partial charge in [-0.05, 0) is 32.1 Å². The lowest BCUT2D eigenvalue weighted by molar-refractivity contribution is -0.141. The van der Waals surface area contributed by atoms with Crippen molar-refractivity contribution in [2.75, 3.05) is 13.1 Å². The molecule has 1 N–H and O–H groups in total. The zero-order chi connectivity index (χ0) is 16.9. The van der Waals surface area contributed by atoms with Crippen LogP contribution in [-0.4, -0.2) is 39.4 Å². The molecule has 2 heterocycles. The van der Waals surface area contributed by atoms with Gasteiger partial charge in [-0.2, -0.15) is 0 Å². The molecular weight excluding hydrogens is 304 g/mol. The van der Waals surface area contributed by atoms with Gasteiger partial charge in [0.15, 0.2) is 0 Å². The van der Waals surface area contributed by atoms with E-state index in [2.05, 4.69) is 21.8 Å². The molecule has 0 atom stereocenters. The quantitative estimate of drug-likeness (QED) is 0.866. The number of aryl methyl sites for hydroxylation is 1. The Labute approximate surface area is 143 Å². The van der Waals surface area contributed by atoms with Crippen molar-refractivity contribution in [3.63, 3.8) is 0 Å². The summed E-state index contributed by atoms with van der Waals surface area (Å²) in [5.41, 5.74) is 0. The second-order valence-electron chi connectivity index (χ2n) is 6.98. The Bertz CT molecular complexity index is 571. The van der Waals surface area contributed by atoms with E-state index in [-0.39, 0.29) is 17.7 Å². The summed E-state index contributed by atoms with van der Waals surface area (Å²) in [6, 6.07) is 0. The summed E-state index contributed by atoms with van der Waals surface area (Å²) in [6.45, 7) is 4.97. The molecule has 1 aromatic heterocycles. The van der Waals surface area contributed by atoms with Gasteiger partial charge >= 0.3 is 0 Å². The molecule has 0 radical (unpaired) electrons. The molecular formula is C18H28N4O2. The number of rotatable bonds is 6. The molecule has 0 spiro atoms. The Balaban J connectivity index is 1.43. The highest BCUT2D eigenvalue weighted by Gasteiger charge is 2.33. The summed E-state index contributed by atoms with van der Waals surface area (Å²) < 4.78 is 2.08. The van der Waals surface area contributed by atoms with E-state index in [0.29, 0.717) is 12.5 Å². The number of nitrogens with one attached hydrogen (secondary N) is 1. The van der Waals surface area contributed by atoms with E-state index in [9.17, 15) is 9.59 Å². The SMILES string of the molecule is CCCn1ccnc1CNC(=O)C1CCN(C(=O)C2CCC2)CC1. The minimum atomic E-state index is 0.0185. The topological polar surface area (TPSA) is 67.2 Å². The van der Waals surface area contributed by atoms with E-state index in [4.69, 9.17) is 0 Å². The van der Waals surface area contributed by atoms with Gasteiger partial charge in [-0.3, -0.25) is 9.59 Å². The van der Waals surface area contributed by atoms with Crippen molar-refractivity contribution < 1.29 is 9.59 Å². The molecule has 1 saturated heterocycles. The summed E-state index contributed by atoms with van der Waals surface area (Å²) in [4.78, 5) is 30.9. The molecule has 6 heteroatoms. The van der Waals surface area contributed by atoms with Crippen LogP contribution in [0.3, 0.4) is 0 Å². The Morgan fingerprint density at radius 3 is 2.58 bits per heavy atom. The van der Waals surface area contributed by atoms with E-state index >= 15 is 0 Å². The Morgan fingerprint density at radius 2 is 1.96 bits per heavy atom. The van der Waals surface area contributed by atoms with Gasteiger partial charge in [-0.25, -0.2) is 4.98 Å². The maximum atomic E-state index is 12.4. The predicted octanol–water partition coefficient (Wildman–Crippen LogP) is 1.95. The van der Waals surface area contributed by atoms with Crippen LogP contribution in [0.1, 0.15) is 51.3 Å². The molecule has 1 saturated carbocycles. The first kappa shape index (κ1) is 17.0. The Hall–Kier alpha value is -1.85. The van der Waals surface area contributed by atoms with Crippen molar-refractivity contribution >= 4 is 11.8 Å². The van der Waals surface area contributed by atoms with E-state index in [1.807, 2.05) is 11.1 Å². The number of hydrogen-bond donors (Lipinski definition) is 1. The van der Waals surface area contributed by atoms with E-state index in [0.717, 1.165) is 57.6 Å². The lowest BCUT2D eigenvalue weighted by atomic mass is 9.83. The van der Waals surface area contributed by atoms with Crippen LogP contribution >= 0.6 is 0 Å². The minimum Gasteiger partial charge on any atom is -0.349 e. The van der Waals surface area contributed by atoms with Gasteiger partial charge in [0.05, 0.1) is 6.54 Å². The van der Waals surface area contributed by atoms with E-state index < -0.39 is 0 Å². The van der Waals surface area contributed by atoms with Gasteiger partial charge in [-0.15, -0.1) is 0 Å². The molecule has 6 nitrogen and oxygen atoms in total. The first-order valence-electron chi connectivity index (χ1n) is 9.25. The van der Waals surface area contributed by atoms with Crippen molar-refractivity contribution in [2.24, 2.45) is 11.8 Å². The van der Waals surface area contributed by atoms with Crippen molar-refractivity contribution in [1.82, 2.24) is 19.8 Å². The average Bonchev–Trinajstić information content (AvgIpc) is 2.99. The van der Waals surface area contributed by atoms with Gasteiger partial charge in [-0.1, -0.05) is 13.3 Å². The predicted molar refractivity (Wildman–Crippen MR) is 91.0 cm³/mol. The van der Waals surface area contributed by atoms with Crippen LogP contribution in [0, 0.1) is 11.8 Å². The molecule has 0 unspecified atom stereocenters. The molecule has 24 heavy (non-hydrogen) atoms. The second kappa shape index (κ2) is 7.81. The fourth-order valence-electron chi connectivity index (χ4n) is 3.54. The monoisotopic (exact) mass is 332 g/mol. The molecule has 1 aliphatic heterocycles. The van der Waals surface area contributed by atoms with Crippen LogP contribution < -0.4 is 5.32 Å². The molecule has 0 aromatic carbocycles. The zero-order valence-corrected chi connectivity index (χ0v) is 14.5. The summed E-state index contributed by atoms with van der Waals surface area (Å²) in [6.07, 6.45) is 9.60. The van der Waals surface area contributed by atoms with Crippen LogP contribution in [0.25, 0.3) is 0 Å². The van der Waals surface area contributed by atoms with Gasteiger partial charge in [0, 0.05) is 43.9 Å². The molecule has 0 bridgehead atoms. The number of hydrogen-bond acceptors (Lipinski definition) is 3. The first-order chi connectivity index (χ1) is 11.7. The smallest absolute Gasteiger partial charge is 0.225 e. The highest BCUT2D eigenvalue weighted by molar-refractivity contribution is 5.81. The number of likely N-dealkylation sites (tertiary alicyclic amines) is 1. The molecule has 3 rings (SSSR count). The molecule has 2 aliphatic rings. The molecule has 1 aliphatic carbocycles. The second-order valence-corrected chi connectivity index (χ2v) is 6.98. The molecule has 2 amide bonds. The van der Waals surface area contributed by atoms with Gasteiger partial charge in [0.25, 0.3) is 0 Å². The highest BCUT2D eigenvalue weighted by atomic mass is 16.2. The summed E-state index contributed by atoms with van der Waals surface area (Å²) in [5.74, 6) is 1.58. The number of aromatic nitrogens is 2. The Kier molecular flexibility index (Phi) is 5.53. The normalized spacial score (nSPS) is 19.1. The maximum Gasteiger partial charge on any atom is 0.225 e. The number of imidazole rings is 1. The van der Waals surface area contributed by atoms with Crippen molar-refractivity contribution in [1.29, 1.82) is 0 Å². The lowest BCUT2D eigenvalue weighted by Crippen LogP contribution is -2.46. The third kappa shape index (κ3) is 3.79. The van der Waals surface area contributed by atoms with Crippen LogP contribution in [0.4, 0.5) is 0 Å². The fourth-order valence-corrected chi connectivity index (χ4v) is 3.54. The molecule has 132 valence electrons. The van der Waals surface area contributed by atoms with Crippen LogP contribution in [0.15, 0.2) is 12.4 Å². The highest BCUT2D eigenvalue weighted by Crippen LogP contribution is 2.30. The third-order valence-electron chi connectivity index (χ3n) is 5.32. The number of amides is 2. The fraction of sp³-hybridized carbons (Fsp3) is 0.722. The minimum absolute atomic E-state index is 0.0185. The van der Waals surface area contributed by atoms with Crippen LogP contribution in [-0.2, 0) is 22.7 Å². The average molecular weight is 332 g/mol. The van der Waals surface area contributed by atoms with E-state index in [1.165, 1.54) is 6.42 Å². The van der Waals surface area contributed by atoms with Gasteiger partial charge in [0.1, 0.15) is 5.82 Å².